The maximum absolute atomic E-state index is 13.1. The predicted octanol–water partition coefficient (Wildman–Crippen LogP) is 4.73. The van der Waals surface area contributed by atoms with Crippen LogP contribution in [-0.4, -0.2) is 36.7 Å². The van der Waals surface area contributed by atoms with Gasteiger partial charge in [0.05, 0.1) is 16.6 Å². The molecular weight excluding hydrogens is 348 g/mol. The Labute approximate surface area is 158 Å². The molecule has 1 aromatic rings. The van der Waals surface area contributed by atoms with Crippen LogP contribution in [0, 0.1) is 6.92 Å². The average molecular weight is 381 g/mol. The number of aryl methyl sites for hydroxylation is 1. The van der Waals surface area contributed by atoms with Crippen LogP contribution >= 0.6 is 0 Å². The molecule has 1 atom stereocenters. The fourth-order valence-corrected chi connectivity index (χ4v) is 4.96. The van der Waals surface area contributed by atoms with E-state index in [1.54, 1.807) is 19.2 Å². The first-order valence-corrected chi connectivity index (χ1v) is 11.2. The minimum atomic E-state index is -3.62. The molecule has 0 saturated heterocycles. The second-order valence-electron chi connectivity index (χ2n) is 7.31. The van der Waals surface area contributed by atoms with Crippen molar-refractivity contribution in [3.63, 3.8) is 0 Å². The smallest absolute Gasteiger partial charge is 0.243 e. The number of benzene rings is 1. The van der Waals surface area contributed by atoms with Crippen LogP contribution < -0.4 is 0 Å². The molecule has 2 rings (SSSR count). The molecule has 1 saturated carbocycles. The minimum absolute atomic E-state index is 0.286. The highest BCUT2D eigenvalue weighted by Gasteiger charge is 2.31. The highest BCUT2D eigenvalue weighted by Crippen LogP contribution is 2.24. The van der Waals surface area contributed by atoms with Crippen LogP contribution in [0.5, 0.6) is 0 Å². The van der Waals surface area contributed by atoms with Crippen LogP contribution in [0.4, 0.5) is 0 Å². The Kier molecular flexibility index (Phi) is 8.10. The lowest BCUT2D eigenvalue weighted by atomic mass is 9.96. The fraction of sp³-hybridized carbons (Fsp3) is 0.650. The Balaban J connectivity index is 2.24. The van der Waals surface area contributed by atoms with Crippen molar-refractivity contribution in [3.05, 3.63) is 29.8 Å². The third-order valence-corrected chi connectivity index (χ3v) is 7.19. The molecule has 1 fully saturated rings. The molecule has 1 aliphatic rings. The Morgan fingerprint density at radius 1 is 0.962 bits per heavy atom. The van der Waals surface area contributed by atoms with Crippen LogP contribution in [0.3, 0.4) is 0 Å². The maximum atomic E-state index is 13.1. The van der Waals surface area contributed by atoms with Gasteiger partial charge in [0.2, 0.25) is 10.0 Å². The lowest BCUT2D eigenvalue weighted by molar-refractivity contribution is 0.305. The topological polar surface area (TPSA) is 70.0 Å². The van der Waals surface area contributed by atoms with Gasteiger partial charge in [0.1, 0.15) is 0 Å². The quantitative estimate of drug-likeness (QED) is 0.609. The van der Waals surface area contributed by atoms with Gasteiger partial charge < -0.3 is 5.21 Å². The van der Waals surface area contributed by atoms with Gasteiger partial charge in [-0.05, 0) is 38.3 Å². The van der Waals surface area contributed by atoms with Crippen LogP contribution in [0.25, 0.3) is 0 Å². The molecule has 1 N–H and O–H groups in total. The first-order valence-electron chi connectivity index (χ1n) is 9.72. The summed E-state index contributed by atoms with van der Waals surface area (Å²) in [4.78, 5) is 0.286. The number of hydrogen-bond donors (Lipinski definition) is 1. The lowest BCUT2D eigenvalue weighted by Crippen LogP contribution is -2.42. The van der Waals surface area contributed by atoms with Gasteiger partial charge in [-0.1, -0.05) is 67.8 Å². The molecule has 26 heavy (non-hydrogen) atoms. The van der Waals surface area contributed by atoms with Crippen LogP contribution in [0.15, 0.2) is 34.3 Å². The summed E-state index contributed by atoms with van der Waals surface area (Å²) in [6.07, 6.45) is 10.3. The summed E-state index contributed by atoms with van der Waals surface area (Å²) in [7, 11) is -2.01. The summed E-state index contributed by atoms with van der Waals surface area (Å²) < 4.78 is 27.5. The van der Waals surface area contributed by atoms with Crippen molar-refractivity contribution < 1.29 is 13.6 Å². The lowest BCUT2D eigenvalue weighted by Gasteiger charge is -2.28. The molecule has 0 amide bonds. The molecule has 0 aromatic heterocycles. The van der Waals surface area contributed by atoms with E-state index in [1.807, 2.05) is 19.1 Å². The van der Waals surface area contributed by atoms with Crippen molar-refractivity contribution in [2.24, 2.45) is 5.16 Å². The van der Waals surface area contributed by atoms with E-state index in [-0.39, 0.29) is 10.9 Å². The third-order valence-electron chi connectivity index (χ3n) is 5.31. The van der Waals surface area contributed by atoms with Crippen LogP contribution in [0.2, 0.25) is 0 Å². The first kappa shape index (κ1) is 20.9. The summed E-state index contributed by atoms with van der Waals surface area (Å²) >= 11 is 0. The van der Waals surface area contributed by atoms with E-state index < -0.39 is 10.0 Å². The Morgan fingerprint density at radius 2 is 1.50 bits per heavy atom. The van der Waals surface area contributed by atoms with Crippen LogP contribution in [-0.2, 0) is 10.0 Å². The fourth-order valence-electron chi connectivity index (χ4n) is 3.59. The molecule has 0 spiro atoms. The average Bonchev–Trinajstić information content (AvgIpc) is 2.62. The van der Waals surface area contributed by atoms with E-state index in [9.17, 15) is 13.6 Å². The van der Waals surface area contributed by atoms with Gasteiger partial charge in [-0.25, -0.2) is 8.42 Å². The summed E-state index contributed by atoms with van der Waals surface area (Å²) in [5.74, 6) is 0. The number of rotatable bonds is 3. The predicted molar refractivity (Wildman–Crippen MR) is 105 cm³/mol. The van der Waals surface area contributed by atoms with Gasteiger partial charge >= 0.3 is 0 Å². The maximum Gasteiger partial charge on any atom is 0.243 e. The van der Waals surface area contributed by atoms with Crippen molar-refractivity contribution in [3.8, 4) is 0 Å². The molecule has 0 radical (unpaired) electrons. The van der Waals surface area contributed by atoms with Gasteiger partial charge in [0, 0.05) is 7.05 Å². The van der Waals surface area contributed by atoms with Crippen molar-refractivity contribution >= 4 is 15.7 Å². The summed E-state index contributed by atoms with van der Waals surface area (Å²) in [6.45, 7) is 1.93. The molecule has 0 aliphatic heterocycles. The highest BCUT2D eigenvalue weighted by atomic mass is 32.2. The monoisotopic (exact) mass is 380 g/mol. The van der Waals surface area contributed by atoms with E-state index in [0.717, 1.165) is 31.2 Å². The summed E-state index contributed by atoms with van der Waals surface area (Å²) in [6, 6.07) is 6.52. The van der Waals surface area contributed by atoms with Gasteiger partial charge in [0.15, 0.2) is 0 Å². The van der Waals surface area contributed by atoms with E-state index in [1.165, 1.54) is 30.0 Å². The molecular formula is C20H32N2O3S. The Bertz CT molecular complexity index is 684. The number of oxime groups is 1. The molecule has 0 heterocycles. The molecule has 1 aromatic carbocycles. The van der Waals surface area contributed by atoms with E-state index in [4.69, 9.17) is 0 Å². The van der Waals surface area contributed by atoms with E-state index >= 15 is 0 Å². The molecule has 1 aliphatic carbocycles. The molecule has 146 valence electrons. The number of sulfonamides is 1. The first-order chi connectivity index (χ1) is 12.5. The van der Waals surface area contributed by atoms with Crippen LogP contribution in [0.1, 0.15) is 69.8 Å². The Hall–Kier alpha value is -1.40. The number of nitrogens with zero attached hydrogens (tertiary/aromatic N) is 2. The minimum Gasteiger partial charge on any atom is -0.411 e. The molecule has 5 nitrogen and oxygen atoms in total. The normalized spacial score (nSPS) is 22.7. The van der Waals surface area contributed by atoms with E-state index in [0.29, 0.717) is 18.6 Å². The second kappa shape index (κ2) is 10.1. The summed E-state index contributed by atoms with van der Waals surface area (Å²) in [5, 5.41) is 13.1. The third kappa shape index (κ3) is 5.55. The van der Waals surface area contributed by atoms with Crippen molar-refractivity contribution in [2.45, 2.75) is 82.1 Å². The van der Waals surface area contributed by atoms with Gasteiger partial charge in [-0.15, -0.1) is 0 Å². The van der Waals surface area contributed by atoms with E-state index in [2.05, 4.69) is 5.16 Å². The van der Waals surface area contributed by atoms with Crippen molar-refractivity contribution in [1.82, 2.24) is 4.31 Å². The van der Waals surface area contributed by atoms with Gasteiger partial charge in [-0.3, -0.25) is 0 Å². The highest BCUT2D eigenvalue weighted by molar-refractivity contribution is 7.89. The largest absolute Gasteiger partial charge is 0.411 e. The zero-order chi connectivity index (χ0) is 19.0. The molecule has 0 bridgehead atoms. The molecule has 0 unspecified atom stereocenters. The van der Waals surface area contributed by atoms with Gasteiger partial charge in [-0.2, -0.15) is 4.31 Å². The molecule has 6 heteroatoms. The summed E-state index contributed by atoms with van der Waals surface area (Å²) in [5.41, 5.74) is 1.61. The second-order valence-corrected chi connectivity index (χ2v) is 9.31. The zero-order valence-electron chi connectivity index (χ0n) is 16.0. The van der Waals surface area contributed by atoms with Gasteiger partial charge in [0.25, 0.3) is 0 Å². The number of hydrogen-bond acceptors (Lipinski definition) is 4. The Morgan fingerprint density at radius 3 is 2.08 bits per heavy atom. The van der Waals surface area contributed by atoms with Crippen molar-refractivity contribution in [1.29, 1.82) is 0 Å². The zero-order valence-corrected chi connectivity index (χ0v) is 16.8. The SMILES string of the molecule is Cc1ccc(S(=O)(=O)N(C)[C@H]2CCCCCCCCCC/C2=N/O)cc1. The standard InChI is InChI=1S/C20H32N2O3S/c1-17-13-15-18(16-14-17)26(24,25)22(2)20-12-10-8-6-4-3-5-7-9-11-19(20)21-23/h13-16,20,23H,3-12H2,1-2H3/b21-19-/t20-/m0/s1. The van der Waals surface area contributed by atoms with Crippen molar-refractivity contribution in [2.75, 3.05) is 7.05 Å².